The fourth-order valence-electron chi connectivity index (χ4n) is 8.49. The van der Waals surface area contributed by atoms with Crippen molar-refractivity contribution in [2.75, 3.05) is 25.1 Å². The number of hydrogen-bond donors (Lipinski definition) is 1. The summed E-state index contributed by atoms with van der Waals surface area (Å²) in [6.45, 7) is 15.0. The molecule has 3 heterocycles. The van der Waals surface area contributed by atoms with Crippen LogP contribution in [0.25, 0.3) is 0 Å². The number of fused-ring (bicyclic) bond motifs is 1. The molecule has 3 aliphatic rings. The van der Waals surface area contributed by atoms with Crippen LogP contribution in [-0.2, 0) is 28.7 Å². The lowest BCUT2D eigenvalue weighted by atomic mass is 9.70. The molecule has 3 fully saturated rings. The minimum Gasteiger partial charge on any atom is -0.455 e. The molecular formula is C41H51BrClN3O7. The smallest absolute Gasteiger partial charge is 0.313 e. The van der Waals surface area contributed by atoms with Crippen LogP contribution in [-0.4, -0.2) is 93.5 Å². The van der Waals surface area contributed by atoms with Crippen molar-refractivity contribution in [2.24, 2.45) is 17.8 Å². The van der Waals surface area contributed by atoms with Crippen molar-refractivity contribution in [1.82, 2.24) is 9.80 Å². The lowest BCUT2D eigenvalue weighted by Crippen LogP contribution is -2.59. The standard InChI is InChI=1S/C41H51BrClN3O7/c1-8-10-19-31(48)44(7)26(6)35(27-16-12-11-13-17-27)52-40(51)32-33-38(49)46(28(23-47)21-24(3)4)37(41(33)22-29(42)36(32)53-41)39(50)45(20-9-2)34-25(5)15-14-18-30(34)43/h8-9,11-18,24,26,28-29,32-33,35-37,47H,1-2,10,19-23H2,3-7H3/t26-,28+,29?,32+,33-,35+,36+,37+,41-/m0/s1. The molecule has 2 aromatic rings. The number of esters is 1. The fourth-order valence-corrected chi connectivity index (χ4v) is 9.75. The summed E-state index contributed by atoms with van der Waals surface area (Å²) in [7, 11) is 1.68. The van der Waals surface area contributed by atoms with E-state index in [2.05, 4.69) is 29.1 Å². The molecule has 1 N–H and O–H groups in total. The quantitative estimate of drug-likeness (QED) is 0.118. The van der Waals surface area contributed by atoms with E-state index in [9.17, 15) is 19.5 Å². The van der Waals surface area contributed by atoms with Gasteiger partial charge in [0.15, 0.2) is 0 Å². The highest BCUT2D eigenvalue weighted by atomic mass is 79.9. The van der Waals surface area contributed by atoms with E-state index < -0.39 is 65.6 Å². The molecule has 3 amide bonds. The van der Waals surface area contributed by atoms with Crippen LogP contribution in [0.3, 0.4) is 0 Å². The molecule has 53 heavy (non-hydrogen) atoms. The highest BCUT2D eigenvalue weighted by Crippen LogP contribution is 2.61. The molecule has 2 aromatic carbocycles. The third-order valence-electron chi connectivity index (χ3n) is 11.0. The summed E-state index contributed by atoms with van der Waals surface area (Å²) < 4.78 is 13.2. The number of benzene rings is 2. The topological polar surface area (TPSA) is 117 Å². The highest BCUT2D eigenvalue weighted by Gasteiger charge is 2.77. The Kier molecular flexibility index (Phi) is 13.0. The third-order valence-corrected chi connectivity index (χ3v) is 12.1. The maximum absolute atomic E-state index is 15.2. The van der Waals surface area contributed by atoms with E-state index in [1.165, 1.54) is 9.80 Å². The molecule has 12 heteroatoms. The van der Waals surface area contributed by atoms with Crippen LogP contribution in [0.2, 0.25) is 5.02 Å². The molecule has 2 bridgehead atoms. The van der Waals surface area contributed by atoms with E-state index in [-0.39, 0.29) is 42.6 Å². The molecule has 10 nitrogen and oxygen atoms in total. The Morgan fingerprint density at radius 2 is 1.83 bits per heavy atom. The van der Waals surface area contributed by atoms with Gasteiger partial charge in [0, 0.05) is 24.8 Å². The van der Waals surface area contributed by atoms with Crippen LogP contribution in [0.5, 0.6) is 0 Å². The van der Waals surface area contributed by atoms with Crippen molar-refractivity contribution < 1.29 is 33.8 Å². The van der Waals surface area contributed by atoms with Crippen LogP contribution in [0.1, 0.15) is 63.7 Å². The van der Waals surface area contributed by atoms with Crippen LogP contribution in [0, 0.1) is 24.7 Å². The minimum absolute atomic E-state index is 0.0740. The Morgan fingerprint density at radius 1 is 1.13 bits per heavy atom. The van der Waals surface area contributed by atoms with Gasteiger partial charge < -0.3 is 29.3 Å². The number of nitrogens with zero attached hydrogens (tertiary/aromatic N) is 3. The third kappa shape index (κ3) is 7.59. The first kappa shape index (κ1) is 40.7. The molecule has 0 aliphatic carbocycles. The van der Waals surface area contributed by atoms with Gasteiger partial charge in [-0.25, -0.2) is 0 Å². The lowest BCUT2D eigenvalue weighted by molar-refractivity contribution is -0.165. The second-order valence-electron chi connectivity index (χ2n) is 14.9. The average molecular weight is 813 g/mol. The number of carbonyl (C=O) groups is 4. The summed E-state index contributed by atoms with van der Waals surface area (Å²) in [6, 6.07) is 12.1. The number of likely N-dealkylation sites (tertiary alicyclic amines) is 1. The summed E-state index contributed by atoms with van der Waals surface area (Å²) in [5.74, 6) is -3.74. The number of alkyl halides is 1. The Morgan fingerprint density at radius 3 is 2.43 bits per heavy atom. The van der Waals surface area contributed by atoms with Crippen molar-refractivity contribution in [3.63, 3.8) is 0 Å². The van der Waals surface area contributed by atoms with E-state index in [0.29, 0.717) is 29.1 Å². The number of anilines is 1. The highest BCUT2D eigenvalue weighted by molar-refractivity contribution is 9.09. The average Bonchev–Trinajstić information content (AvgIpc) is 3.73. The van der Waals surface area contributed by atoms with Gasteiger partial charge >= 0.3 is 5.97 Å². The molecule has 1 spiro atoms. The lowest BCUT2D eigenvalue weighted by Gasteiger charge is -2.40. The number of hydrogen-bond acceptors (Lipinski definition) is 7. The monoisotopic (exact) mass is 811 g/mol. The number of rotatable bonds is 16. The first-order chi connectivity index (χ1) is 25.2. The number of carbonyl (C=O) groups excluding carboxylic acids is 4. The van der Waals surface area contributed by atoms with Crippen molar-refractivity contribution in [3.8, 4) is 0 Å². The summed E-state index contributed by atoms with van der Waals surface area (Å²) in [6.07, 6.45) is 3.08. The minimum atomic E-state index is -1.42. The molecule has 5 rings (SSSR count). The number of ether oxygens (including phenoxy) is 2. The maximum Gasteiger partial charge on any atom is 0.313 e. The van der Waals surface area contributed by atoms with Crippen LogP contribution in [0.4, 0.5) is 5.69 Å². The molecule has 0 saturated carbocycles. The van der Waals surface area contributed by atoms with Gasteiger partial charge in [-0.15, -0.1) is 13.2 Å². The maximum atomic E-state index is 15.2. The van der Waals surface area contributed by atoms with Gasteiger partial charge in [0.25, 0.3) is 5.91 Å². The molecule has 1 unspecified atom stereocenters. The molecule has 3 aliphatic heterocycles. The number of aryl methyl sites for hydroxylation is 1. The van der Waals surface area contributed by atoms with Gasteiger partial charge in [0.1, 0.15) is 17.7 Å². The van der Waals surface area contributed by atoms with Crippen molar-refractivity contribution in [3.05, 3.63) is 90.0 Å². The summed E-state index contributed by atoms with van der Waals surface area (Å²) in [5, 5.41) is 11.1. The zero-order valence-electron chi connectivity index (χ0n) is 31.1. The van der Waals surface area contributed by atoms with Gasteiger partial charge in [-0.3, -0.25) is 19.2 Å². The molecule has 9 atom stereocenters. The number of allylic oxidation sites excluding steroid dienone is 1. The predicted octanol–water partition coefficient (Wildman–Crippen LogP) is 6.42. The Hall–Kier alpha value is -3.51. The SMILES string of the molecule is C=CCCC(=O)N(C)[C@@H](C)[C@@H](OC(=O)[C@H]1[C@@H]2O[C@@]3(CC2Br)[C@@H]1C(=O)N([C@@H](CO)CC(C)C)[C@@H]3C(=O)N(CC=C)c1c(C)cccc1Cl)c1ccccc1. The molecule has 3 saturated heterocycles. The normalized spacial score (nSPS) is 26.2. The largest absolute Gasteiger partial charge is 0.455 e. The molecule has 0 aromatic heterocycles. The number of aliphatic hydroxyl groups excluding tert-OH is 1. The molecule has 0 radical (unpaired) electrons. The van der Waals surface area contributed by atoms with Crippen molar-refractivity contribution in [1.29, 1.82) is 0 Å². The zero-order valence-corrected chi connectivity index (χ0v) is 33.5. The molecule has 286 valence electrons. The van der Waals surface area contributed by atoms with Crippen molar-refractivity contribution >= 4 is 56.9 Å². The first-order valence-electron chi connectivity index (χ1n) is 18.3. The van der Waals surface area contributed by atoms with Gasteiger partial charge in [-0.1, -0.05) is 96.0 Å². The number of likely N-dealkylation sites (N-methyl/N-ethyl adjacent to an activating group) is 1. The van der Waals surface area contributed by atoms with Gasteiger partial charge in [0.2, 0.25) is 11.8 Å². The van der Waals surface area contributed by atoms with E-state index in [1.807, 2.05) is 64.1 Å². The summed E-state index contributed by atoms with van der Waals surface area (Å²) >= 11 is 10.5. The van der Waals surface area contributed by atoms with E-state index in [0.717, 1.165) is 5.56 Å². The first-order valence-corrected chi connectivity index (χ1v) is 19.6. The Balaban J connectivity index is 1.58. The molecular weight excluding hydrogens is 762 g/mol. The number of halogens is 2. The summed E-state index contributed by atoms with van der Waals surface area (Å²) in [5.41, 5.74) is 0.511. The van der Waals surface area contributed by atoms with Gasteiger partial charge in [-0.2, -0.15) is 0 Å². The Bertz CT molecular complexity index is 1690. The van der Waals surface area contributed by atoms with Crippen LogP contribution < -0.4 is 4.90 Å². The number of amides is 3. The van der Waals surface area contributed by atoms with Gasteiger partial charge in [0.05, 0.1) is 47.3 Å². The Labute approximate surface area is 326 Å². The second kappa shape index (κ2) is 16.9. The number of aliphatic hydroxyl groups is 1. The number of para-hydroxylation sites is 1. The van der Waals surface area contributed by atoms with Crippen LogP contribution in [0.15, 0.2) is 73.8 Å². The summed E-state index contributed by atoms with van der Waals surface area (Å²) in [4.78, 5) is 62.1. The zero-order chi connectivity index (χ0) is 38.8. The van der Waals surface area contributed by atoms with Crippen molar-refractivity contribution in [2.45, 2.75) is 94.1 Å². The van der Waals surface area contributed by atoms with Gasteiger partial charge in [-0.05, 0) is 56.2 Å². The fraction of sp³-hybridized carbons (Fsp3) is 0.512. The predicted molar refractivity (Wildman–Crippen MR) is 209 cm³/mol. The van der Waals surface area contributed by atoms with E-state index >= 15 is 4.79 Å². The van der Waals surface area contributed by atoms with E-state index in [4.69, 9.17) is 21.1 Å². The van der Waals surface area contributed by atoms with Crippen LogP contribution >= 0.6 is 27.5 Å². The van der Waals surface area contributed by atoms with E-state index in [1.54, 1.807) is 36.2 Å². The second-order valence-corrected chi connectivity index (χ2v) is 16.4.